The molecule has 0 unspecified atom stereocenters. The second-order valence-electron chi connectivity index (χ2n) is 5.07. The van der Waals surface area contributed by atoms with Gasteiger partial charge in [0.1, 0.15) is 17.1 Å². The van der Waals surface area contributed by atoms with Gasteiger partial charge in [-0.15, -0.1) is 11.3 Å². The molecule has 3 rings (SSSR count). The summed E-state index contributed by atoms with van der Waals surface area (Å²) in [4.78, 5) is 25.4. The third-order valence-corrected chi connectivity index (χ3v) is 4.90. The molecule has 2 heterocycles. The number of nitrogens with zero attached hydrogens (tertiary/aromatic N) is 1. The Morgan fingerprint density at radius 3 is 2.71 bits per heavy atom. The summed E-state index contributed by atoms with van der Waals surface area (Å²) < 4.78 is 7.73. The number of hydrogen-bond acceptors (Lipinski definition) is 4. The molecule has 0 aliphatic rings. The monoisotopic (exact) mass is 406 g/mol. The number of nitrogens with one attached hydrogen (secondary N) is 1. The minimum Gasteiger partial charge on any atom is -0.461 e. The van der Waals surface area contributed by atoms with E-state index in [1.807, 2.05) is 35.7 Å². The van der Waals surface area contributed by atoms with Crippen molar-refractivity contribution < 1.29 is 14.3 Å². The van der Waals surface area contributed by atoms with Crippen molar-refractivity contribution >= 4 is 55.0 Å². The average molecular weight is 407 g/mol. The molecular weight excluding hydrogens is 392 g/mol. The smallest absolute Gasteiger partial charge is 0.355 e. The van der Waals surface area contributed by atoms with E-state index in [1.54, 1.807) is 17.6 Å². The van der Waals surface area contributed by atoms with Crippen LogP contribution in [0.1, 0.15) is 17.4 Å². The van der Waals surface area contributed by atoms with Crippen molar-refractivity contribution in [2.24, 2.45) is 0 Å². The largest absolute Gasteiger partial charge is 0.461 e. The number of ether oxygens (including phenoxy) is 1. The van der Waals surface area contributed by atoms with Crippen LogP contribution in [0.2, 0.25) is 0 Å². The first-order chi connectivity index (χ1) is 11.6. The van der Waals surface area contributed by atoms with Gasteiger partial charge < -0.3 is 14.6 Å². The number of amides is 1. The highest BCUT2D eigenvalue weighted by atomic mass is 79.9. The Kier molecular flexibility index (Phi) is 5.01. The number of esters is 1. The molecule has 1 amide bonds. The van der Waals surface area contributed by atoms with Crippen LogP contribution >= 0.6 is 27.3 Å². The minimum atomic E-state index is -0.419. The van der Waals surface area contributed by atoms with Gasteiger partial charge in [-0.2, -0.15) is 0 Å². The number of rotatable bonds is 5. The molecule has 0 radical (unpaired) electrons. The van der Waals surface area contributed by atoms with Gasteiger partial charge in [-0.1, -0.05) is 15.9 Å². The number of carbonyl (C=O) groups is 2. The lowest BCUT2D eigenvalue weighted by Gasteiger charge is -2.10. The molecule has 5 nitrogen and oxygen atoms in total. The van der Waals surface area contributed by atoms with Gasteiger partial charge in [-0.05, 0) is 48.7 Å². The molecule has 1 N–H and O–H groups in total. The van der Waals surface area contributed by atoms with Crippen LogP contribution in [-0.2, 0) is 16.1 Å². The van der Waals surface area contributed by atoms with Gasteiger partial charge in [-0.25, -0.2) is 4.79 Å². The van der Waals surface area contributed by atoms with Crippen LogP contribution in [0.15, 0.2) is 46.3 Å². The maximum Gasteiger partial charge on any atom is 0.355 e. The van der Waals surface area contributed by atoms with Gasteiger partial charge in [0.15, 0.2) is 0 Å². The maximum absolute atomic E-state index is 12.4. The zero-order valence-corrected chi connectivity index (χ0v) is 15.3. The number of aromatic nitrogens is 1. The Labute approximate surface area is 151 Å². The molecule has 7 heteroatoms. The van der Waals surface area contributed by atoms with E-state index < -0.39 is 5.97 Å². The Morgan fingerprint density at radius 2 is 2.00 bits per heavy atom. The molecule has 3 aromatic rings. The third-order valence-electron chi connectivity index (χ3n) is 3.42. The summed E-state index contributed by atoms with van der Waals surface area (Å²) in [5.74, 6) is -0.619. The van der Waals surface area contributed by atoms with Crippen LogP contribution < -0.4 is 5.32 Å². The number of carbonyl (C=O) groups excluding carboxylic acids is 2. The highest BCUT2D eigenvalue weighted by Gasteiger charge is 2.19. The zero-order valence-electron chi connectivity index (χ0n) is 12.9. The fourth-order valence-electron chi connectivity index (χ4n) is 2.38. The Hall–Kier alpha value is -2.12. The number of hydrogen-bond donors (Lipinski definition) is 1. The summed E-state index contributed by atoms with van der Waals surface area (Å²) in [7, 11) is 0. The van der Waals surface area contributed by atoms with Gasteiger partial charge in [-0.3, -0.25) is 4.79 Å². The molecule has 0 atom stereocenters. The van der Waals surface area contributed by atoms with Crippen LogP contribution in [0.5, 0.6) is 0 Å². The third kappa shape index (κ3) is 3.52. The molecule has 0 aliphatic heterocycles. The van der Waals surface area contributed by atoms with Crippen molar-refractivity contribution in [1.82, 2.24) is 4.57 Å². The molecule has 0 saturated carbocycles. The fraction of sp³-hybridized carbons (Fsp3) is 0.176. The number of fused-ring (bicyclic) bond motifs is 1. The van der Waals surface area contributed by atoms with Gasteiger partial charge in [0.2, 0.25) is 5.91 Å². The average Bonchev–Trinajstić information content (AvgIpc) is 3.12. The first-order valence-corrected chi connectivity index (χ1v) is 9.05. The quantitative estimate of drug-likeness (QED) is 0.643. The van der Waals surface area contributed by atoms with E-state index in [-0.39, 0.29) is 12.5 Å². The molecule has 0 bridgehead atoms. The van der Waals surface area contributed by atoms with Crippen molar-refractivity contribution in [3.8, 4) is 0 Å². The molecule has 1 aromatic carbocycles. The van der Waals surface area contributed by atoms with Crippen LogP contribution in [0.25, 0.3) is 10.2 Å². The van der Waals surface area contributed by atoms with E-state index in [9.17, 15) is 9.59 Å². The lowest BCUT2D eigenvalue weighted by Crippen LogP contribution is -2.21. The number of halogens is 1. The zero-order chi connectivity index (χ0) is 17.1. The fourth-order valence-corrected chi connectivity index (χ4v) is 3.54. The molecular formula is C17H15BrN2O3S. The first-order valence-electron chi connectivity index (χ1n) is 7.37. The minimum absolute atomic E-state index is 0.0498. The first kappa shape index (κ1) is 16.7. The van der Waals surface area contributed by atoms with E-state index in [4.69, 9.17) is 4.74 Å². The van der Waals surface area contributed by atoms with Crippen LogP contribution in [0.4, 0.5) is 5.69 Å². The van der Waals surface area contributed by atoms with E-state index in [2.05, 4.69) is 21.2 Å². The van der Waals surface area contributed by atoms with Crippen molar-refractivity contribution in [2.75, 3.05) is 11.9 Å². The van der Waals surface area contributed by atoms with Gasteiger partial charge in [0.25, 0.3) is 0 Å². The predicted molar refractivity (Wildman–Crippen MR) is 98.5 cm³/mol. The normalized spacial score (nSPS) is 10.8. The highest BCUT2D eigenvalue weighted by molar-refractivity contribution is 9.10. The van der Waals surface area contributed by atoms with Gasteiger partial charge in [0, 0.05) is 15.5 Å². The maximum atomic E-state index is 12.4. The second kappa shape index (κ2) is 7.19. The molecule has 0 spiro atoms. The van der Waals surface area contributed by atoms with E-state index in [0.29, 0.717) is 18.0 Å². The Balaban J connectivity index is 1.83. The van der Waals surface area contributed by atoms with Gasteiger partial charge in [0.05, 0.1) is 6.61 Å². The predicted octanol–water partition coefficient (Wildman–Crippen LogP) is 4.28. The number of anilines is 1. The molecule has 0 aliphatic carbocycles. The van der Waals surface area contributed by atoms with Crippen molar-refractivity contribution in [3.63, 3.8) is 0 Å². The highest BCUT2D eigenvalue weighted by Crippen LogP contribution is 2.26. The van der Waals surface area contributed by atoms with E-state index in [0.717, 1.165) is 14.7 Å². The summed E-state index contributed by atoms with van der Waals surface area (Å²) in [5.41, 5.74) is 1.10. The molecule has 24 heavy (non-hydrogen) atoms. The SMILES string of the molecule is CCOC(=O)c1cc2ccsc2n1CC(=O)Nc1ccc(Br)cc1. The summed E-state index contributed by atoms with van der Waals surface area (Å²) in [6.45, 7) is 2.10. The van der Waals surface area contributed by atoms with E-state index in [1.165, 1.54) is 11.3 Å². The van der Waals surface area contributed by atoms with Crippen molar-refractivity contribution in [3.05, 3.63) is 51.9 Å². The summed E-state index contributed by atoms with van der Waals surface area (Å²) in [6, 6.07) is 11.0. The van der Waals surface area contributed by atoms with Crippen LogP contribution in [-0.4, -0.2) is 23.1 Å². The van der Waals surface area contributed by atoms with Gasteiger partial charge >= 0.3 is 5.97 Å². The number of benzene rings is 1. The second-order valence-corrected chi connectivity index (χ2v) is 6.88. The van der Waals surface area contributed by atoms with Crippen LogP contribution in [0.3, 0.4) is 0 Å². The van der Waals surface area contributed by atoms with Crippen LogP contribution in [0, 0.1) is 0 Å². The summed E-state index contributed by atoms with van der Waals surface area (Å²) in [5, 5.41) is 5.70. The standard InChI is InChI=1S/C17H15BrN2O3S/c1-2-23-17(22)14-9-11-7-8-24-16(11)20(14)10-15(21)19-13-5-3-12(18)4-6-13/h3-9H,2,10H2,1H3,(H,19,21). The molecule has 2 aromatic heterocycles. The Bertz CT molecular complexity index is 883. The molecule has 0 saturated heterocycles. The summed E-state index contributed by atoms with van der Waals surface area (Å²) in [6.07, 6.45) is 0. The Morgan fingerprint density at radius 1 is 1.25 bits per heavy atom. The molecule has 0 fully saturated rings. The molecule has 124 valence electrons. The summed E-state index contributed by atoms with van der Waals surface area (Å²) >= 11 is 4.85. The lowest BCUT2D eigenvalue weighted by molar-refractivity contribution is -0.116. The number of thiophene rings is 1. The lowest BCUT2D eigenvalue weighted by atomic mass is 10.3. The topological polar surface area (TPSA) is 60.3 Å². The van der Waals surface area contributed by atoms with E-state index >= 15 is 0 Å². The van der Waals surface area contributed by atoms with Crippen molar-refractivity contribution in [2.45, 2.75) is 13.5 Å². The van der Waals surface area contributed by atoms with Crippen molar-refractivity contribution in [1.29, 1.82) is 0 Å².